The lowest BCUT2D eigenvalue weighted by Gasteiger charge is -2.37. The third-order valence-corrected chi connectivity index (χ3v) is 6.97. The van der Waals surface area contributed by atoms with Crippen molar-refractivity contribution in [2.24, 2.45) is 0 Å². The van der Waals surface area contributed by atoms with Crippen molar-refractivity contribution in [2.45, 2.75) is 44.6 Å². The zero-order valence-corrected chi connectivity index (χ0v) is 19.3. The Morgan fingerprint density at radius 2 is 1.94 bits per heavy atom. The summed E-state index contributed by atoms with van der Waals surface area (Å²) in [5, 5.41) is 0. The molecule has 2 heterocycles. The molecule has 5 rings (SSSR count). The Kier molecular flexibility index (Phi) is 5.20. The number of hydrogen-bond donors (Lipinski definition) is 1. The van der Waals surface area contributed by atoms with Crippen LogP contribution in [-0.2, 0) is 5.54 Å². The van der Waals surface area contributed by atoms with Crippen molar-refractivity contribution in [3.05, 3.63) is 77.3 Å². The van der Waals surface area contributed by atoms with E-state index in [-0.39, 0.29) is 5.54 Å². The van der Waals surface area contributed by atoms with Gasteiger partial charge < -0.3 is 19.4 Å². The number of aromatic nitrogens is 2. The second-order valence-corrected chi connectivity index (χ2v) is 9.09. The normalized spacial score (nSPS) is 22.9. The zero-order valence-electron chi connectivity index (χ0n) is 19.3. The van der Waals surface area contributed by atoms with Crippen LogP contribution in [-0.4, -0.2) is 35.6 Å². The molecule has 1 fully saturated rings. The van der Waals surface area contributed by atoms with Gasteiger partial charge in [0.05, 0.1) is 30.8 Å². The first-order valence-corrected chi connectivity index (χ1v) is 11.4. The van der Waals surface area contributed by atoms with Crippen LogP contribution in [0.1, 0.15) is 49.1 Å². The van der Waals surface area contributed by atoms with Crippen LogP contribution in [0.15, 0.2) is 60.3 Å². The van der Waals surface area contributed by atoms with Crippen molar-refractivity contribution < 1.29 is 9.47 Å². The van der Waals surface area contributed by atoms with Gasteiger partial charge in [-0.1, -0.05) is 42.0 Å². The number of rotatable bonds is 5. The molecule has 166 valence electrons. The summed E-state index contributed by atoms with van der Waals surface area (Å²) in [5.74, 6) is 2.81. The second kappa shape index (κ2) is 8.05. The molecule has 1 saturated heterocycles. The largest absolute Gasteiger partial charge is 0.493 e. The van der Waals surface area contributed by atoms with Crippen LogP contribution in [0.4, 0.5) is 0 Å². The molecule has 3 aromatic rings. The Morgan fingerprint density at radius 3 is 2.72 bits per heavy atom. The lowest BCUT2D eigenvalue weighted by molar-refractivity contribution is 0.200. The Balaban J connectivity index is 1.51. The number of nitrogens with zero attached hydrogens (tertiary/aromatic N) is 2. The number of hydrogen-bond acceptors (Lipinski definition) is 4. The van der Waals surface area contributed by atoms with Gasteiger partial charge in [0, 0.05) is 30.3 Å². The molecule has 5 nitrogen and oxygen atoms in total. The summed E-state index contributed by atoms with van der Waals surface area (Å²) in [6, 6.07) is 12.8. The molecular formula is C27H31N3O2. The van der Waals surface area contributed by atoms with Gasteiger partial charge in [0.1, 0.15) is 5.82 Å². The summed E-state index contributed by atoms with van der Waals surface area (Å²) in [7, 11) is 3.32. The van der Waals surface area contributed by atoms with Crippen LogP contribution in [0.25, 0.3) is 11.0 Å². The van der Waals surface area contributed by atoms with E-state index in [9.17, 15) is 0 Å². The van der Waals surface area contributed by atoms with E-state index in [1.807, 2.05) is 12.1 Å². The monoisotopic (exact) mass is 429 g/mol. The third-order valence-electron chi connectivity index (χ3n) is 6.97. The average Bonchev–Trinajstić information content (AvgIpc) is 3.42. The number of likely N-dealkylation sites (tertiary alicyclic amines) is 1. The average molecular weight is 430 g/mol. The Hall–Kier alpha value is -3.21. The summed E-state index contributed by atoms with van der Waals surface area (Å²) in [6.45, 7) is 5.49. The molecule has 0 spiro atoms. The molecule has 2 aromatic carbocycles. The predicted molar refractivity (Wildman–Crippen MR) is 128 cm³/mol. The van der Waals surface area contributed by atoms with E-state index in [2.05, 4.69) is 66.2 Å². The SMILES string of the molecule is COc1cc2nc([C@]3(C)CCCN3C3=CC(c4cccc(C)c4)CC=C3)[nH]c2cc1OC. The minimum Gasteiger partial charge on any atom is -0.493 e. The van der Waals surface area contributed by atoms with Crippen LogP contribution in [0.3, 0.4) is 0 Å². The van der Waals surface area contributed by atoms with E-state index in [0.717, 1.165) is 42.7 Å². The van der Waals surface area contributed by atoms with Gasteiger partial charge in [-0.15, -0.1) is 0 Å². The van der Waals surface area contributed by atoms with E-state index in [4.69, 9.17) is 14.5 Å². The molecule has 32 heavy (non-hydrogen) atoms. The topological polar surface area (TPSA) is 50.4 Å². The van der Waals surface area contributed by atoms with Gasteiger partial charge in [0.25, 0.3) is 0 Å². The minimum atomic E-state index is -0.190. The number of nitrogens with one attached hydrogen (secondary N) is 1. The highest BCUT2D eigenvalue weighted by molar-refractivity contribution is 5.80. The molecule has 1 aromatic heterocycles. The van der Waals surface area contributed by atoms with Crippen LogP contribution >= 0.6 is 0 Å². The molecule has 2 atom stereocenters. The van der Waals surface area contributed by atoms with Gasteiger partial charge in [-0.2, -0.15) is 0 Å². The third kappa shape index (κ3) is 3.46. The smallest absolute Gasteiger partial charge is 0.163 e. The lowest BCUT2D eigenvalue weighted by atomic mass is 9.89. The Morgan fingerprint density at radius 1 is 1.12 bits per heavy atom. The highest BCUT2D eigenvalue weighted by Gasteiger charge is 2.41. The van der Waals surface area contributed by atoms with Crippen molar-refractivity contribution >= 4 is 11.0 Å². The van der Waals surface area contributed by atoms with Crippen molar-refractivity contribution in [3.63, 3.8) is 0 Å². The first-order chi connectivity index (χ1) is 15.5. The molecule has 1 aliphatic heterocycles. The van der Waals surface area contributed by atoms with Crippen molar-refractivity contribution in [1.82, 2.24) is 14.9 Å². The molecular weight excluding hydrogens is 398 g/mol. The van der Waals surface area contributed by atoms with Crippen molar-refractivity contribution in [2.75, 3.05) is 20.8 Å². The molecule has 0 amide bonds. The Labute approximate surface area is 189 Å². The number of allylic oxidation sites excluding steroid dienone is 3. The van der Waals surface area contributed by atoms with Crippen LogP contribution < -0.4 is 9.47 Å². The number of methoxy groups -OCH3 is 2. The van der Waals surface area contributed by atoms with E-state index in [1.54, 1.807) is 14.2 Å². The fraction of sp³-hybridized carbons (Fsp3) is 0.370. The van der Waals surface area contributed by atoms with Gasteiger partial charge in [0.2, 0.25) is 0 Å². The van der Waals surface area contributed by atoms with E-state index < -0.39 is 0 Å². The summed E-state index contributed by atoms with van der Waals surface area (Å²) < 4.78 is 11.0. The number of fused-ring (bicyclic) bond motifs is 1. The maximum Gasteiger partial charge on any atom is 0.163 e. The first kappa shape index (κ1) is 20.7. The molecule has 0 bridgehead atoms. The first-order valence-electron chi connectivity index (χ1n) is 11.4. The van der Waals surface area contributed by atoms with Crippen molar-refractivity contribution in [1.29, 1.82) is 0 Å². The van der Waals surface area contributed by atoms with Gasteiger partial charge >= 0.3 is 0 Å². The summed E-state index contributed by atoms with van der Waals surface area (Å²) in [5.41, 5.74) is 5.66. The summed E-state index contributed by atoms with van der Waals surface area (Å²) >= 11 is 0. The fourth-order valence-corrected chi connectivity index (χ4v) is 5.19. The number of aryl methyl sites for hydroxylation is 1. The molecule has 5 heteroatoms. The van der Waals surface area contributed by atoms with E-state index in [0.29, 0.717) is 17.4 Å². The number of aromatic amines is 1. The highest BCUT2D eigenvalue weighted by Crippen LogP contribution is 2.43. The predicted octanol–water partition coefficient (Wildman–Crippen LogP) is 5.83. The fourth-order valence-electron chi connectivity index (χ4n) is 5.19. The van der Waals surface area contributed by atoms with Crippen molar-refractivity contribution in [3.8, 4) is 11.5 Å². The number of ether oxygens (including phenoxy) is 2. The molecule has 0 saturated carbocycles. The minimum absolute atomic E-state index is 0.190. The number of H-pyrrole nitrogens is 1. The van der Waals surface area contributed by atoms with Crippen LogP contribution in [0.5, 0.6) is 11.5 Å². The molecule has 1 unspecified atom stereocenters. The van der Waals surface area contributed by atoms with Gasteiger partial charge in [0.15, 0.2) is 11.5 Å². The van der Waals surface area contributed by atoms with Crippen LogP contribution in [0.2, 0.25) is 0 Å². The number of benzene rings is 2. The maximum atomic E-state index is 5.48. The molecule has 1 N–H and O–H groups in total. The molecule has 2 aliphatic rings. The van der Waals surface area contributed by atoms with E-state index >= 15 is 0 Å². The standard InChI is InChI=1S/C27H31N3O2/c1-18-8-5-9-19(14-18)20-10-6-11-21(15-20)30-13-7-12-27(30,2)26-28-22-16-24(31-3)25(32-4)17-23(22)29-26/h5-6,8-9,11,14-17,20H,7,10,12-13H2,1-4H3,(H,28,29)/t20?,27-/m0/s1. The number of imidazole rings is 1. The lowest BCUT2D eigenvalue weighted by Crippen LogP contribution is -2.39. The van der Waals surface area contributed by atoms with Gasteiger partial charge in [-0.05, 0) is 44.7 Å². The molecule has 1 aliphatic carbocycles. The summed E-state index contributed by atoms with van der Waals surface area (Å²) in [4.78, 5) is 11.1. The van der Waals surface area contributed by atoms with Gasteiger partial charge in [-0.3, -0.25) is 0 Å². The second-order valence-electron chi connectivity index (χ2n) is 9.09. The quantitative estimate of drug-likeness (QED) is 0.555. The summed E-state index contributed by atoms with van der Waals surface area (Å²) in [6.07, 6.45) is 10.3. The Bertz CT molecular complexity index is 1170. The highest BCUT2D eigenvalue weighted by atomic mass is 16.5. The van der Waals surface area contributed by atoms with Gasteiger partial charge in [-0.25, -0.2) is 4.98 Å². The zero-order chi connectivity index (χ0) is 22.3. The van der Waals surface area contributed by atoms with Crippen LogP contribution in [0, 0.1) is 6.92 Å². The maximum absolute atomic E-state index is 5.48. The van der Waals surface area contributed by atoms with E-state index in [1.165, 1.54) is 16.8 Å². The molecule has 0 radical (unpaired) electrons.